The lowest BCUT2D eigenvalue weighted by atomic mass is 9.95. The van der Waals surface area contributed by atoms with E-state index < -0.39 is 5.54 Å². The quantitative estimate of drug-likeness (QED) is 0.810. The van der Waals surface area contributed by atoms with E-state index in [1.807, 2.05) is 62.4 Å². The number of hydrogen-bond donors (Lipinski definition) is 2. The Labute approximate surface area is 149 Å². The van der Waals surface area contributed by atoms with E-state index in [0.29, 0.717) is 13.0 Å². The van der Waals surface area contributed by atoms with Crippen LogP contribution in [0.2, 0.25) is 0 Å². The molecular weight excluding hydrogens is 316 g/mol. The zero-order chi connectivity index (χ0) is 18.3. The van der Waals surface area contributed by atoms with E-state index in [1.165, 1.54) is 0 Å². The van der Waals surface area contributed by atoms with Crippen LogP contribution in [0.3, 0.4) is 0 Å². The summed E-state index contributed by atoms with van der Waals surface area (Å²) in [5.74, 6) is 1.55. The molecule has 2 aromatic rings. The van der Waals surface area contributed by atoms with Gasteiger partial charge in [-0.3, -0.25) is 0 Å². The predicted molar refractivity (Wildman–Crippen MR) is 99.3 cm³/mol. The van der Waals surface area contributed by atoms with Gasteiger partial charge >= 0.3 is 6.03 Å². The molecule has 5 nitrogen and oxygen atoms in total. The van der Waals surface area contributed by atoms with Crippen molar-refractivity contribution in [3.8, 4) is 11.5 Å². The fourth-order valence-corrected chi connectivity index (χ4v) is 2.64. The molecule has 2 amide bonds. The zero-order valence-corrected chi connectivity index (χ0v) is 15.3. The molecule has 0 spiro atoms. The van der Waals surface area contributed by atoms with Crippen LogP contribution in [0.15, 0.2) is 48.5 Å². The zero-order valence-electron chi connectivity index (χ0n) is 15.3. The minimum Gasteiger partial charge on any atom is -0.497 e. The lowest BCUT2D eigenvalue weighted by Gasteiger charge is -2.27. The Kier molecular flexibility index (Phi) is 6.28. The maximum absolute atomic E-state index is 12.2. The van der Waals surface area contributed by atoms with Crippen LogP contribution in [0, 0.1) is 0 Å². The van der Waals surface area contributed by atoms with Gasteiger partial charge in [-0.25, -0.2) is 4.79 Å². The molecule has 2 rings (SSSR count). The van der Waals surface area contributed by atoms with E-state index in [1.54, 1.807) is 14.2 Å². The van der Waals surface area contributed by atoms with Gasteiger partial charge in [0.25, 0.3) is 0 Å². The van der Waals surface area contributed by atoms with Crippen LogP contribution < -0.4 is 20.1 Å². The second-order valence-electron chi connectivity index (χ2n) is 6.30. The Morgan fingerprint density at radius 1 is 1.04 bits per heavy atom. The van der Waals surface area contributed by atoms with Crippen LogP contribution >= 0.6 is 0 Å². The third kappa shape index (κ3) is 5.14. The molecule has 0 saturated carbocycles. The number of rotatable bonds is 7. The van der Waals surface area contributed by atoms with Crippen LogP contribution in [-0.4, -0.2) is 26.8 Å². The van der Waals surface area contributed by atoms with Crippen molar-refractivity contribution in [3.05, 3.63) is 59.7 Å². The highest BCUT2D eigenvalue weighted by molar-refractivity contribution is 5.75. The third-order valence-corrected chi connectivity index (χ3v) is 4.09. The molecule has 0 atom stereocenters. The number of carbonyl (C=O) groups is 1. The molecule has 0 heterocycles. The SMILES string of the molecule is COc1ccc(OC)c(CCNC(=O)NC(C)(C)c2ccccc2)c1. The summed E-state index contributed by atoms with van der Waals surface area (Å²) in [5, 5.41) is 5.90. The molecule has 2 aromatic carbocycles. The highest BCUT2D eigenvalue weighted by Gasteiger charge is 2.22. The van der Waals surface area contributed by atoms with E-state index in [-0.39, 0.29) is 6.03 Å². The van der Waals surface area contributed by atoms with Crippen LogP contribution in [0.4, 0.5) is 4.79 Å². The lowest BCUT2D eigenvalue weighted by molar-refractivity contribution is 0.230. The molecule has 25 heavy (non-hydrogen) atoms. The number of hydrogen-bond acceptors (Lipinski definition) is 3. The Morgan fingerprint density at radius 2 is 1.76 bits per heavy atom. The van der Waals surface area contributed by atoms with Gasteiger partial charge in [-0.1, -0.05) is 30.3 Å². The molecule has 0 saturated heterocycles. The maximum atomic E-state index is 12.2. The standard InChI is InChI=1S/C20H26N2O3/c1-20(2,16-8-6-5-7-9-16)22-19(23)21-13-12-15-14-17(24-3)10-11-18(15)25-4/h5-11,14H,12-13H2,1-4H3,(H2,21,22,23). The summed E-state index contributed by atoms with van der Waals surface area (Å²) < 4.78 is 10.6. The molecule has 0 fully saturated rings. The van der Waals surface area contributed by atoms with Crippen molar-refractivity contribution < 1.29 is 14.3 Å². The van der Waals surface area contributed by atoms with Gasteiger partial charge in [0, 0.05) is 6.54 Å². The minimum absolute atomic E-state index is 0.198. The van der Waals surface area contributed by atoms with Crippen molar-refractivity contribution in [3.63, 3.8) is 0 Å². The topological polar surface area (TPSA) is 59.6 Å². The third-order valence-electron chi connectivity index (χ3n) is 4.09. The normalized spacial score (nSPS) is 10.9. The summed E-state index contributed by atoms with van der Waals surface area (Å²) in [7, 11) is 3.26. The Balaban J connectivity index is 1.90. The van der Waals surface area contributed by atoms with E-state index >= 15 is 0 Å². The van der Waals surface area contributed by atoms with Gasteiger partial charge in [-0.05, 0) is 49.6 Å². The predicted octanol–water partition coefficient (Wildman–Crippen LogP) is 3.48. The molecule has 0 bridgehead atoms. The average molecular weight is 342 g/mol. The van der Waals surface area contributed by atoms with Gasteiger partial charge in [0.2, 0.25) is 0 Å². The fourth-order valence-electron chi connectivity index (χ4n) is 2.64. The van der Waals surface area contributed by atoms with Crippen LogP contribution in [0.25, 0.3) is 0 Å². The van der Waals surface area contributed by atoms with E-state index in [9.17, 15) is 4.79 Å². The Bertz CT molecular complexity index is 699. The Hall–Kier alpha value is -2.69. The maximum Gasteiger partial charge on any atom is 0.315 e. The number of nitrogens with one attached hydrogen (secondary N) is 2. The number of methoxy groups -OCH3 is 2. The number of urea groups is 1. The van der Waals surface area contributed by atoms with Crippen LogP contribution in [0.5, 0.6) is 11.5 Å². The van der Waals surface area contributed by atoms with Crippen molar-refractivity contribution in [2.75, 3.05) is 20.8 Å². The number of ether oxygens (including phenoxy) is 2. The summed E-state index contributed by atoms with van der Waals surface area (Å²) >= 11 is 0. The summed E-state index contributed by atoms with van der Waals surface area (Å²) in [6.45, 7) is 4.46. The van der Waals surface area contributed by atoms with Crippen LogP contribution in [0.1, 0.15) is 25.0 Å². The largest absolute Gasteiger partial charge is 0.497 e. The second kappa shape index (κ2) is 8.42. The van der Waals surface area contributed by atoms with Gasteiger partial charge in [-0.15, -0.1) is 0 Å². The number of amides is 2. The van der Waals surface area contributed by atoms with Gasteiger partial charge in [0.1, 0.15) is 11.5 Å². The first-order chi connectivity index (χ1) is 12.0. The average Bonchev–Trinajstić information content (AvgIpc) is 2.62. The summed E-state index contributed by atoms with van der Waals surface area (Å²) in [6, 6.07) is 15.3. The monoisotopic (exact) mass is 342 g/mol. The lowest BCUT2D eigenvalue weighted by Crippen LogP contribution is -2.46. The van der Waals surface area contributed by atoms with Crippen LogP contribution in [-0.2, 0) is 12.0 Å². The first-order valence-electron chi connectivity index (χ1n) is 8.28. The molecule has 5 heteroatoms. The minimum atomic E-state index is -0.445. The first kappa shape index (κ1) is 18.6. The van der Waals surface area contributed by atoms with Crippen molar-refractivity contribution in [1.29, 1.82) is 0 Å². The van der Waals surface area contributed by atoms with E-state index in [4.69, 9.17) is 9.47 Å². The molecule has 0 aliphatic heterocycles. The van der Waals surface area contributed by atoms with E-state index in [2.05, 4.69) is 10.6 Å². The summed E-state index contributed by atoms with van der Waals surface area (Å²) in [6.07, 6.45) is 0.652. The highest BCUT2D eigenvalue weighted by Crippen LogP contribution is 2.24. The molecule has 0 unspecified atom stereocenters. The molecule has 2 N–H and O–H groups in total. The van der Waals surface area contributed by atoms with Gasteiger partial charge in [0.05, 0.1) is 19.8 Å². The van der Waals surface area contributed by atoms with Gasteiger partial charge < -0.3 is 20.1 Å². The molecule has 0 aliphatic carbocycles. The van der Waals surface area contributed by atoms with Crippen molar-refractivity contribution >= 4 is 6.03 Å². The summed E-state index contributed by atoms with van der Waals surface area (Å²) in [5.41, 5.74) is 1.60. The first-order valence-corrected chi connectivity index (χ1v) is 8.28. The fraction of sp³-hybridized carbons (Fsp3) is 0.350. The van der Waals surface area contributed by atoms with E-state index in [0.717, 1.165) is 22.6 Å². The molecule has 0 aromatic heterocycles. The van der Waals surface area contributed by atoms with Gasteiger partial charge in [-0.2, -0.15) is 0 Å². The number of carbonyl (C=O) groups excluding carboxylic acids is 1. The summed E-state index contributed by atoms with van der Waals surface area (Å²) in [4.78, 5) is 12.2. The molecule has 0 radical (unpaired) electrons. The van der Waals surface area contributed by atoms with Crippen molar-refractivity contribution in [1.82, 2.24) is 10.6 Å². The van der Waals surface area contributed by atoms with Crippen molar-refractivity contribution in [2.45, 2.75) is 25.8 Å². The molecule has 134 valence electrons. The molecule has 0 aliphatic rings. The highest BCUT2D eigenvalue weighted by atomic mass is 16.5. The van der Waals surface area contributed by atoms with Crippen molar-refractivity contribution in [2.24, 2.45) is 0 Å². The second-order valence-corrected chi connectivity index (χ2v) is 6.30. The molecular formula is C20H26N2O3. The number of benzene rings is 2. The smallest absolute Gasteiger partial charge is 0.315 e. The Morgan fingerprint density at radius 3 is 2.40 bits per heavy atom. The van der Waals surface area contributed by atoms with Gasteiger partial charge in [0.15, 0.2) is 0 Å².